The van der Waals surface area contributed by atoms with Crippen LogP contribution in [0.3, 0.4) is 0 Å². The molecule has 0 bridgehead atoms. The van der Waals surface area contributed by atoms with Crippen LogP contribution in [-0.4, -0.2) is 33.8 Å². The molecule has 1 amide bonds. The largest absolute Gasteiger partial charge is 0.355 e. The van der Waals surface area contributed by atoms with Gasteiger partial charge in [-0.3, -0.25) is 4.79 Å². The molecule has 0 unspecified atom stereocenters. The van der Waals surface area contributed by atoms with E-state index in [0.29, 0.717) is 19.5 Å². The molecule has 0 aliphatic heterocycles. The van der Waals surface area contributed by atoms with E-state index in [9.17, 15) is 4.79 Å². The number of rotatable bonds is 5. The molecule has 1 aromatic rings. The first-order valence-corrected chi connectivity index (χ1v) is 5.49. The van der Waals surface area contributed by atoms with E-state index in [-0.39, 0.29) is 11.3 Å². The molecule has 0 aromatic carbocycles. The van der Waals surface area contributed by atoms with Gasteiger partial charge in [0.25, 0.3) is 0 Å². The number of nitrogens with two attached hydrogens (primary N) is 1. The monoisotopic (exact) mass is 223 g/mol. The van der Waals surface area contributed by atoms with Gasteiger partial charge in [0.1, 0.15) is 12.2 Å². The van der Waals surface area contributed by atoms with Crippen molar-refractivity contribution in [3.8, 4) is 0 Å². The van der Waals surface area contributed by atoms with E-state index in [1.165, 1.54) is 0 Å². The lowest BCUT2D eigenvalue weighted by atomic mass is 10.1. The predicted octanol–water partition coefficient (Wildman–Crippen LogP) is -0.787. The third-order valence-corrected chi connectivity index (χ3v) is 3.17. The van der Waals surface area contributed by atoms with Crippen LogP contribution in [0.5, 0.6) is 0 Å². The van der Waals surface area contributed by atoms with E-state index in [1.54, 1.807) is 6.33 Å². The fourth-order valence-corrected chi connectivity index (χ4v) is 1.68. The molecule has 16 heavy (non-hydrogen) atoms. The van der Waals surface area contributed by atoms with Gasteiger partial charge in [0.05, 0.1) is 5.41 Å². The summed E-state index contributed by atoms with van der Waals surface area (Å²) in [6, 6.07) is 0. The summed E-state index contributed by atoms with van der Waals surface area (Å²) < 4.78 is 1.85. The molecule has 0 spiro atoms. The lowest BCUT2D eigenvalue weighted by molar-refractivity contribution is -0.125. The number of hydrogen-bond acceptors (Lipinski definition) is 4. The molecular weight excluding hydrogens is 206 g/mol. The first-order valence-electron chi connectivity index (χ1n) is 5.49. The highest BCUT2D eigenvalue weighted by atomic mass is 16.2. The van der Waals surface area contributed by atoms with Crippen LogP contribution < -0.4 is 11.1 Å². The van der Waals surface area contributed by atoms with Crippen molar-refractivity contribution in [2.75, 3.05) is 13.1 Å². The average Bonchev–Trinajstić information content (AvgIpc) is 2.99. The van der Waals surface area contributed by atoms with Gasteiger partial charge in [0.15, 0.2) is 0 Å². The molecule has 6 nitrogen and oxygen atoms in total. The molecule has 1 aliphatic carbocycles. The predicted molar refractivity (Wildman–Crippen MR) is 58.4 cm³/mol. The van der Waals surface area contributed by atoms with E-state index in [1.807, 2.05) is 11.6 Å². The summed E-state index contributed by atoms with van der Waals surface area (Å²) in [5.74, 6) is 0.954. The zero-order chi connectivity index (χ0) is 11.6. The van der Waals surface area contributed by atoms with Gasteiger partial charge in [-0.15, -0.1) is 10.2 Å². The van der Waals surface area contributed by atoms with E-state index >= 15 is 0 Å². The van der Waals surface area contributed by atoms with Gasteiger partial charge in [-0.1, -0.05) is 0 Å². The number of hydrogen-bond donors (Lipinski definition) is 2. The number of aromatic nitrogens is 3. The molecular formula is C10H17N5O. The van der Waals surface area contributed by atoms with Crippen molar-refractivity contribution < 1.29 is 4.79 Å². The molecule has 0 atom stereocenters. The van der Waals surface area contributed by atoms with Gasteiger partial charge in [-0.05, 0) is 12.8 Å². The zero-order valence-electron chi connectivity index (χ0n) is 9.44. The Bertz CT molecular complexity index is 382. The molecule has 1 aliphatic rings. The van der Waals surface area contributed by atoms with E-state index < -0.39 is 0 Å². The van der Waals surface area contributed by atoms with Crippen LogP contribution in [0.25, 0.3) is 0 Å². The maximum atomic E-state index is 11.7. The zero-order valence-corrected chi connectivity index (χ0v) is 9.44. The van der Waals surface area contributed by atoms with Gasteiger partial charge in [-0.25, -0.2) is 0 Å². The summed E-state index contributed by atoms with van der Waals surface area (Å²) in [4.78, 5) is 11.7. The topological polar surface area (TPSA) is 85.8 Å². The summed E-state index contributed by atoms with van der Waals surface area (Å²) in [6.45, 7) is 1.04. The maximum Gasteiger partial charge on any atom is 0.227 e. The fourth-order valence-electron chi connectivity index (χ4n) is 1.68. The second-order valence-electron chi connectivity index (χ2n) is 4.35. The minimum absolute atomic E-state index is 0.0807. The Kier molecular flexibility index (Phi) is 2.91. The van der Waals surface area contributed by atoms with Gasteiger partial charge >= 0.3 is 0 Å². The second-order valence-corrected chi connectivity index (χ2v) is 4.35. The van der Waals surface area contributed by atoms with Crippen LogP contribution in [0, 0.1) is 5.41 Å². The summed E-state index contributed by atoms with van der Waals surface area (Å²) in [7, 11) is 1.89. The number of nitrogens with zero attached hydrogens (tertiary/aromatic N) is 3. The Morgan fingerprint density at radius 2 is 2.44 bits per heavy atom. The van der Waals surface area contributed by atoms with Gasteiger partial charge in [-0.2, -0.15) is 0 Å². The fraction of sp³-hybridized carbons (Fsp3) is 0.700. The third kappa shape index (κ3) is 2.06. The van der Waals surface area contributed by atoms with Crippen LogP contribution >= 0.6 is 0 Å². The molecule has 1 saturated carbocycles. The standard InChI is InChI=1S/C10H17N5O/c1-15-7-13-14-8(15)2-5-12-9(16)10(6-11)3-4-10/h7H,2-6,11H2,1H3,(H,12,16). The minimum Gasteiger partial charge on any atom is -0.355 e. The first-order chi connectivity index (χ1) is 7.68. The van der Waals surface area contributed by atoms with Crippen molar-refractivity contribution in [3.63, 3.8) is 0 Å². The maximum absolute atomic E-state index is 11.7. The average molecular weight is 223 g/mol. The lowest BCUT2D eigenvalue weighted by Crippen LogP contribution is -2.37. The Hall–Kier alpha value is -1.43. The number of amides is 1. The molecule has 1 fully saturated rings. The van der Waals surface area contributed by atoms with Gasteiger partial charge in [0.2, 0.25) is 5.91 Å². The highest BCUT2D eigenvalue weighted by molar-refractivity contribution is 5.85. The quantitative estimate of drug-likeness (QED) is 0.685. The summed E-state index contributed by atoms with van der Waals surface area (Å²) >= 11 is 0. The molecule has 2 rings (SSSR count). The van der Waals surface area contributed by atoms with Crippen LogP contribution in [0.15, 0.2) is 6.33 Å². The van der Waals surface area contributed by atoms with Crippen molar-refractivity contribution in [2.24, 2.45) is 18.2 Å². The van der Waals surface area contributed by atoms with Crippen LogP contribution in [-0.2, 0) is 18.3 Å². The van der Waals surface area contributed by atoms with Crippen molar-refractivity contribution in [1.29, 1.82) is 0 Å². The van der Waals surface area contributed by atoms with E-state index in [2.05, 4.69) is 15.5 Å². The molecule has 3 N–H and O–H groups in total. The lowest BCUT2D eigenvalue weighted by Gasteiger charge is -2.12. The smallest absolute Gasteiger partial charge is 0.227 e. The van der Waals surface area contributed by atoms with Crippen molar-refractivity contribution in [2.45, 2.75) is 19.3 Å². The Labute approximate surface area is 94.2 Å². The first kappa shape index (κ1) is 11.1. The van der Waals surface area contributed by atoms with Crippen molar-refractivity contribution >= 4 is 5.91 Å². The van der Waals surface area contributed by atoms with E-state index in [4.69, 9.17) is 5.73 Å². The highest BCUT2D eigenvalue weighted by Crippen LogP contribution is 2.44. The number of carbonyl (C=O) groups is 1. The molecule has 1 aromatic heterocycles. The summed E-state index contributed by atoms with van der Waals surface area (Å²) in [5.41, 5.74) is 5.31. The number of carbonyl (C=O) groups excluding carboxylic acids is 1. The molecule has 88 valence electrons. The van der Waals surface area contributed by atoms with E-state index in [0.717, 1.165) is 18.7 Å². The normalized spacial score (nSPS) is 17.1. The van der Waals surface area contributed by atoms with Gasteiger partial charge < -0.3 is 15.6 Å². The molecule has 0 saturated heterocycles. The van der Waals surface area contributed by atoms with Crippen molar-refractivity contribution in [1.82, 2.24) is 20.1 Å². The summed E-state index contributed by atoms with van der Waals surface area (Å²) in [5, 5.41) is 10.6. The number of aryl methyl sites for hydroxylation is 1. The Morgan fingerprint density at radius 1 is 1.69 bits per heavy atom. The summed E-state index contributed by atoms with van der Waals surface area (Å²) in [6.07, 6.45) is 4.18. The Morgan fingerprint density at radius 3 is 2.94 bits per heavy atom. The Balaban J connectivity index is 1.77. The highest BCUT2D eigenvalue weighted by Gasteiger charge is 2.48. The van der Waals surface area contributed by atoms with Crippen LogP contribution in [0.4, 0.5) is 0 Å². The molecule has 6 heteroatoms. The third-order valence-electron chi connectivity index (χ3n) is 3.17. The second kappa shape index (κ2) is 4.21. The molecule has 0 radical (unpaired) electrons. The molecule has 1 heterocycles. The van der Waals surface area contributed by atoms with Crippen LogP contribution in [0.1, 0.15) is 18.7 Å². The minimum atomic E-state index is -0.264. The van der Waals surface area contributed by atoms with Gasteiger partial charge in [0, 0.05) is 26.6 Å². The van der Waals surface area contributed by atoms with Crippen molar-refractivity contribution in [3.05, 3.63) is 12.2 Å². The SMILES string of the molecule is Cn1cnnc1CCNC(=O)C1(CN)CC1. The van der Waals surface area contributed by atoms with Crippen LogP contribution in [0.2, 0.25) is 0 Å². The number of nitrogens with one attached hydrogen (secondary N) is 1.